The molecular weight excluding hydrogens is 507 g/mol. The minimum absolute atomic E-state index is 0. The van der Waals surface area contributed by atoms with Gasteiger partial charge in [0.15, 0.2) is 5.96 Å². The minimum Gasteiger partial charge on any atom is -0.434 e. The molecule has 2 rings (SSSR count). The number of halogens is 4. The van der Waals surface area contributed by atoms with Crippen molar-refractivity contribution in [3.05, 3.63) is 28.8 Å². The maximum absolute atomic E-state index is 12.6. The zero-order valence-corrected chi connectivity index (χ0v) is 19.0. The first-order chi connectivity index (χ1) is 13.0. The quantitative estimate of drug-likeness (QED) is 0.287. The van der Waals surface area contributed by atoms with Gasteiger partial charge in [-0.15, -0.1) is 24.0 Å². The smallest absolute Gasteiger partial charge is 0.387 e. The van der Waals surface area contributed by atoms with Gasteiger partial charge in [-0.1, -0.05) is 11.6 Å². The fourth-order valence-electron chi connectivity index (χ4n) is 2.57. The Morgan fingerprint density at radius 1 is 1.43 bits per heavy atom. The average Bonchev–Trinajstić information content (AvgIpc) is 3.13. The summed E-state index contributed by atoms with van der Waals surface area (Å²) in [6.07, 6.45) is 1.04. The Bertz CT molecular complexity index is 620. The van der Waals surface area contributed by atoms with Crippen LogP contribution in [0.3, 0.4) is 0 Å². The highest BCUT2D eigenvalue weighted by molar-refractivity contribution is 14.0. The summed E-state index contributed by atoms with van der Waals surface area (Å²) in [6.45, 7) is 3.69. The number of guanidine groups is 1. The molecule has 0 radical (unpaired) electrons. The van der Waals surface area contributed by atoms with Crippen LogP contribution in [0.5, 0.6) is 5.75 Å². The van der Waals surface area contributed by atoms with Crippen molar-refractivity contribution >= 4 is 41.5 Å². The lowest BCUT2D eigenvalue weighted by atomic mass is 10.2. The van der Waals surface area contributed by atoms with E-state index >= 15 is 0 Å². The molecule has 6 nitrogen and oxygen atoms in total. The first kappa shape index (κ1) is 25.1. The topological polar surface area (TPSA) is 64.1 Å². The third-order valence-electron chi connectivity index (χ3n) is 3.84. The number of hydrogen-bond acceptors (Lipinski definition) is 4. The van der Waals surface area contributed by atoms with E-state index < -0.39 is 6.61 Å². The van der Waals surface area contributed by atoms with Gasteiger partial charge in [-0.2, -0.15) is 8.78 Å². The number of alkyl halides is 2. The molecule has 1 aromatic carbocycles. The molecule has 10 heteroatoms. The number of benzene rings is 1. The predicted octanol–water partition coefficient (Wildman–Crippen LogP) is 3.81. The fourth-order valence-corrected chi connectivity index (χ4v) is 2.76. The van der Waals surface area contributed by atoms with Gasteiger partial charge < -0.3 is 24.8 Å². The van der Waals surface area contributed by atoms with Crippen LogP contribution < -0.4 is 15.4 Å². The van der Waals surface area contributed by atoms with Crippen molar-refractivity contribution in [1.29, 1.82) is 0 Å². The van der Waals surface area contributed by atoms with E-state index in [-0.39, 0.29) is 48.4 Å². The molecule has 1 fully saturated rings. The third-order valence-corrected chi connectivity index (χ3v) is 4.08. The zero-order valence-electron chi connectivity index (χ0n) is 15.9. The largest absolute Gasteiger partial charge is 0.434 e. The first-order valence-electron chi connectivity index (χ1n) is 8.95. The SMILES string of the molecule is CCNC(=NCc1cc(Cl)ccc1OC(F)F)NC(C)COC1CCOC1.I. The Hall–Kier alpha value is -0.910. The van der Waals surface area contributed by atoms with Gasteiger partial charge in [0, 0.05) is 29.8 Å². The Balaban J connectivity index is 0.00000392. The summed E-state index contributed by atoms with van der Waals surface area (Å²) in [5.74, 6) is 0.617. The summed E-state index contributed by atoms with van der Waals surface area (Å²) in [5.41, 5.74) is 0.479. The Labute approximate surface area is 186 Å². The molecule has 2 unspecified atom stereocenters. The second kappa shape index (κ2) is 13.3. The van der Waals surface area contributed by atoms with Crippen LogP contribution >= 0.6 is 35.6 Å². The first-order valence-corrected chi connectivity index (χ1v) is 9.33. The number of aliphatic imine (C=N–C) groups is 1. The second-order valence-electron chi connectivity index (χ2n) is 6.19. The number of hydrogen-bond donors (Lipinski definition) is 2. The monoisotopic (exact) mass is 533 g/mol. The van der Waals surface area contributed by atoms with Crippen LogP contribution in [0.4, 0.5) is 8.78 Å². The summed E-state index contributed by atoms with van der Waals surface area (Å²) in [5, 5.41) is 6.79. The van der Waals surface area contributed by atoms with Gasteiger partial charge in [-0.25, -0.2) is 4.99 Å². The van der Waals surface area contributed by atoms with Crippen molar-refractivity contribution < 1.29 is 23.0 Å². The molecule has 1 aromatic rings. The molecule has 1 aliphatic heterocycles. The molecular formula is C18H27ClF2IN3O3. The number of nitrogens with one attached hydrogen (secondary N) is 2. The molecule has 160 valence electrons. The molecule has 0 amide bonds. The summed E-state index contributed by atoms with van der Waals surface area (Å²) >= 11 is 5.97. The Morgan fingerprint density at radius 3 is 2.86 bits per heavy atom. The van der Waals surface area contributed by atoms with E-state index in [1.807, 2.05) is 13.8 Å². The standard InChI is InChI=1S/C18H26ClF2N3O3.HI/c1-3-22-18(24-12(2)10-26-15-6-7-25-11-15)23-9-13-8-14(19)4-5-16(13)27-17(20)21;/h4-5,8,12,15,17H,3,6-7,9-11H2,1-2H3,(H2,22,23,24);1H. The summed E-state index contributed by atoms with van der Waals surface area (Å²) in [4.78, 5) is 4.44. The lowest BCUT2D eigenvalue weighted by Gasteiger charge is -2.20. The molecule has 2 N–H and O–H groups in total. The third kappa shape index (κ3) is 9.06. The van der Waals surface area contributed by atoms with E-state index in [0.717, 1.165) is 13.0 Å². The molecule has 0 aliphatic carbocycles. The number of ether oxygens (including phenoxy) is 3. The van der Waals surface area contributed by atoms with Crippen LogP contribution in [-0.4, -0.2) is 51.1 Å². The number of rotatable bonds is 9. The van der Waals surface area contributed by atoms with Crippen LogP contribution in [-0.2, 0) is 16.0 Å². The van der Waals surface area contributed by atoms with E-state index in [1.165, 1.54) is 12.1 Å². The maximum atomic E-state index is 12.6. The molecule has 28 heavy (non-hydrogen) atoms. The van der Waals surface area contributed by atoms with Crippen LogP contribution in [0.2, 0.25) is 5.02 Å². The van der Waals surface area contributed by atoms with Gasteiger partial charge in [0.1, 0.15) is 5.75 Å². The fraction of sp³-hybridized carbons (Fsp3) is 0.611. The molecule has 1 aliphatic rings. The Kier molecular flexibility index (Phi) is 12.0. The molecule has 2 atom stereocenters. The normalized spacial score (nSPS) is 17.9. The second-order valence-corrected chi connectivity index (χ2v) is 6.63. The van der Waals surface area contributed by atoms with Gasteiger partial charge in [-0.05, 0) is 38.5 Å². The van der Waals surface area contributed by atoms with Gasteiger partial charge in [0.2, 0.25) is 0 Å². The van der Waals surface area contributed by atoms with Crippen molar-refractivity contribution in [2.75, 3.05) is 26.4 Å². The highest BCUT2D eigenvalue weighted by Crippen LogP contribution is 2.25. The molecule has 0 saturated carbocycles. The molecule has 0 bridgehead atoms. The highest BCUT2D eigenvalue weighted by Gasteiger charge is 2.17. The van der Waals surface area contributed by atoms with Crippen LogP contribution in [0, 0.1) is 0 Å². The summed E-state index contributed by atoms with van der Waals surface area (Å²) < 4.78 is 40.8. The van der Waals surface area contributed by atoms with Crippen LogP contribution in [0.25, 0.3) is 0 Å². The summed E-state index contributed by atoms with van der Waals surface area (Å²) in [6, 6.07) is 4.50. The lowest BCUT2D eigenvalue weighted by molar-refractivity contribution is -0.0504. The van der Waals surface area contributed by atoms with E-state index in [1.54, 1.807) is 6.07 Å². The maximum Gasteiger partial charge on any atom is 0.387 e. The molecule has 0 spiro atoms. The van der Waals surface area contributed by atoms with E-state index in [9.17, 15) is 8.78 Å². The van der Waals surface area contributed by atoms with E-state index in [4.69, 9.17) is 21.1 Å². The minimum atomic E-state index is -2.91. The van der Waals surface area contributed by atoms with Crippen molar-refractivity contribution in [1.82, 2.24) is 10.6 Å². The van der Waals surface area contributed by atoms with Crippen molar-refractivity contribution in [2.45, 2.75) is 45.6 Å². The van der Waals surface area contributed by atoms with Gasteiger partial charge in [0.25, 0.3) is 0 Å². The van der Waals surface area contributed by atoms with E-state index in [2.05, 4.69) is 20.4 Å². The van der Waals surface area contributed by atoms with Crippen molar-refractivity contribution in [3.8, 4) is 5.75 Å². The van der Waals surface area contributed by atoms with Crippen LogP contribution in [0.1, 0.15) is 25.8 Å². The van der Waals surface area contributed by atoms with E-state index in [0.29, 0.717) is 36.3 Å². The zero-order chi connectivity index (χ0) is 19.6. The van der Waals surface area contributed by atoms with Gasteiger partial charge in [-0.3, -0.25) is 0 Å². The summed E-state index contributed by atoms with van der Waals surface area (Å²) in [7, 11) is 0. The lowest BCUT2D eigenvalue weighted by Crippen LogP contribution is -2.44. The molecule has 0 aromatic heterocycles. The van der Waals surface area contributed by atoms with Crippen LogP contribution in [0.15, 0.2) is 23.2 Å². The Morgan fingerprint density at radius 2 is 2.21 bits per heavy atom. The predicted molar refractivity (Wildman–Crippen MR) is 116 cm³/mol. The van der Waals surface area contributed by atoms with Gasteiger partial charge in [0.05, 0.1) is 25.9 Å². The van der Waals surface area contributed by atoms with Crippen molar-refractivity contribution in [2.24, 2.45) is 4.99 Å². The highest BCUT2D eigenvalue weighted by atomic mass is 127. The number of nitrogens with zero attached hydrogens (tertiary/aromatic N) is 1. The van der Waals surface area contributed by atoms with Gasteiger partial charge >= 0.3 is 6.61 Å². The molecule has 1 saturated heterocycles. The van der Waals surface area contributed by atoms with Crippen molar-refractivity contribution in [3.63, 3.8) is 0 Å². The average molecular weight is 534 g/mol. The molecule has 1 heterocycles.